The van der Waals surface area contributed by atoms with Crippen LogP contribution in [0.15, 0.2) is 72.8 Å². The molecule has 0 spiro atoms. The van der Waals surface area contributed by atoms with E-state index in [0.717, 1.165) is 33.8 Å². The summed E-state index contributed by atoms with van der Waals surface area (Å²) in [7, 11) is 0. The molecule has 0 saturated carbocycles. The summed E-state index contributed by atoms with van der Waals surface area (Å²) in [6.45, 7) is 10.5. The molecule has 0 aliphatic heterocycles. The number of aliphatic hydroxyl groups is 3. The third kappa shape index (κ3) is 4.82. The van der Waals surface area contributed by atoms with Gasteiger partial charge in [0.25, 0.3) is 0 Å². The van der Waals surface area contributed by atoms with Crippen molar-refractivity contribution in [2.75, 3.05) is 4.90 Å². The molecule has 4 nitrogen and oxygen atoms in total. The predicted molar refractivity (Wildman–Crippen MR) is 127 cm³/mol. The summed E-state index contributed by atoms with van der Waals surface area (Å²) in [5, 5.41) is 32.8. The molecule has 3 aromatic carbocycles. The normalized spacial score (nSPS) is 12.7. The summed E-state index contributed by atoms with van der Waals surface area (Å²) in [5.41, 5.74) is 1.28. The molecule has 0 heterocycles. The van der Waals surface area contributed by atoms with Gasteiger partial charge < -0.3 is 20.2 Å². The summed E-state index contributed by atoms with van der Waals surface area (Å²) >= 11 is 0. The second-order valence-corrected chi connectivity index (χ2v) is 9.56. The topological polar surface area (TPSA) is 63.9 Å². The van der Waals surface area contributed by atoms with Crippen LogP contribution in [0.4, 0.5) is 17.1 Å². The van der Waals surface area contributed by atoms with Gasteiger partial charge in [0.1, 0.15) is 0 Å². The molecule has 0 aliphatic carbocycles. The van der Waals surface area contributed by atoms with Gasteiger partial charge in [-0.1, -0.05) is 54.6 Å². The Morgan fingerprint density at radius 1 is 0.452 bits per heavy atom. The van der Waals surface area contributed by atoms with Crippen LogP contribution in [0.1, 0.15) is 58.2 Å². The molecule has 0 aliphatic rings. The SMILES string of the molecule is CC(C)(O)c1ccccc1N(c1ccccc1C(C)(C)O)c1ccccc1C(C)(C)O. The van der Waals surface area contributed by atoms with Crippen molar-refractivity contribution in [3.8, 4) is 0 Å². The fourth-order valence-electron chi connectivity index (χ4n) is 3.95. The van der Waals surface area contributed by atoms with Crippen LogP contribution in [0, 0.1) is 0 Å². The van der Waals surface area contributed by atoms with Crippen molar-refractivity contribution in [1.29, 1.82) is 0 Å². The highest BCUT2D eigenvalue weighted by Crippen LogP contribution is 2.46. The van der Waals surface area contributed by atoms with E-state index in [2.05, 4.69) is 0 Å². The van der Waals surface area contributed by atoms with Crippen molar-refractivity contribution in [2.45, 2.75) is 58.3 Å². The van der Waals surface area contributed by atoms with E-state index in [0.29, 0.717) is 0 Å². The van der Waals surface area contributed by atoms with Crippen molar-refractivity contribution < 1.29 is 15.3 Å². The first-order valence-electron chi connectivity index (χ1n) is 10.6. The fraction of sp³-hybridized carbons (Fsp3) is 0.333. The maximum Gasteiger partial charge on any atom is 0.0860 e. The Labute approximate surface area is 185 Å². The minimum absolute atomic E-state index is 0.742. The maximum absolute atomic E-state index is 10.9. The molecule has 164 valence electrons. The summed E-state index contributed by atoms with van der Waals surface area (Å²) in [4.78, 5) is 2.02. The van der Waals surface area contributed by atoms with Crippen molar-refractivity contribution in [3.63, 3.8) is 0 Å². The van der Waals surface area contributed by atoms with Gasteiger partial charge in [-0.2, -0.15) is 0 Å². The third-order valence-corrected chi connectivity index (χ3v) is 5.41. The summed E-state index contributed by atoms with van der Waals surface area (Å²) < 4.78 is 0. The average molecular weight is 420 g/mol. The van der Waals surface area contributed by atoms with Crippen molar-refractivity contribution in [2.24, 2.45) is 0 Å². The number of para-hydroxylation sites is 3. The Hall–Kier alpha value is -2.66. The molecule has 0 radical (unpaired) electrons. The lowest BCUT2D eigenvalue weighted by molar-refractivity contribution is 0.0787. The lowest BCUT2D eigenvalue weighted by Crippen LogP contribution is -2.27. The van der Waals surface area contributed by atoms with Gasteiger partial charge in [-0.05, 0) is 59.7 Å². The summed E-state index contributed by atoms with van der Waals surface area (Å²) in [6.07, 6.45) is 0. The fourth-order valence-corrected chi connectivity index (χ4v) is 3.95. The van der Waals surface area contributed by atoms with Crippen molar-refractivity contribution in [1.82, 2.24) is 0 Å². The smallest absolute Gasteiger partial charge is 0.0860 e. The molecule has 0 amide bonds. The van der Waals surface area contributed by atoms with E-state index in [9.17, 15) is 15.3 Å². The first-order valence-corrected chi connectivity index (χ1v) is 10.6. The Bertz CT molecular complexity index is 916. The van der Waals surface area contributed by atoms with Crippen LogP contribution in [-0.2, 0) is 16.8 Å². The molecule has 4 heteroatoms. The number of hydrogen-bond acceptors (Lipinski definition) is 4. The minimum Gasteiger partial charge on any atom is -0.386 e. The van der Waals surface area contributed by atoms with Gasteiger partial charge in [-0.15, -0.1) is 0 Å². The van der Waals surface area contributed by atoms with Gasteiger partial charge in [0.05, 0.1) is 33.9 Å². The van der Waals surface area contributed by atoms with E-state index in [1.807, 2.05) is 77.7 Å². The lowest BCUT2D eigenvalue weighted by Gasteiger charge is -2.36. The molecule has 0 aromatic heterocycles. The van der Waals surface area contributed by atoms with Crippen LogP contribution >= 0.6 is 0 Å². The molecular formula is C27H33NO3. The number of rotatable bonds is 6. The number of hydrogen-bond donors (Lipinski definition) is 3. The highest BCUT2D eigenvalue weighted by atomic mass is 16.3. The first kappa shape index (κ1) is 23.0. The zero-order chi connectivity index (χ0) is 23.0. The van der Waals surface area contributed by atoms with Gasteiger partial charge in [0.2, 0.25) is 0 Å². The van der Waals surface area contributed by atoms with Crippen molar-refractivity contribution in [3.05, 3.63) is 89.5 Å². The van der Waals surface area contributed by atoms with Gasteiger partial charge in [-0.3, -0.25) is 0 Å². The summed E-state index contributed by atoms with van der Waals surface area (Å²) in [5.74, 6) is 0. The molecule has 0 saturated heterocycles. The number of benzene rings is 3. The standard InChI is InChI=1S/C27H33NO3/c1-25(2,29)19-13-7-10-16-22(19)28(23-17-11-8-14-20(23)26(3,4)30)24-18-12-9-15-21(24)27(5,6)31/h7-18,29-31H,1-6H3. The molecular weight excluding hydrogens is 386 g/mol. The van der Waals surface area contributed by atoms with E-state index in [1.165, 1.54) is 0 Å². The van der Waals surface area contributed by atoms with E-state index >= 15 is 0 Å². The van der Waals surface area contributed by atoms with E-state index in [1.54, 1.807) is 41.5 Å². The predicted octanol–water partition coefficient (Wildman–Crippen LogP) is 5.84. The molecule has 0 unspecified atom stereocenters. The zero-order valence-electron chi connectivity index (χ0n) is 19.2. The van der Waals surface area contributed by atoms with Gasteiger partial charge in [-0.25, -0.2) is 0 Å². The van der Waals surface area contributed by atoms with Crippen LogP contribution in [0.2, 0.25) is 0 Å². The van der Waals surface area contributed by atoms with E-state index in [4.69, 9.17) is 0 Å². The Balaban J connectivity index is 2.44. The average Bonchev–Trinajstić information content (AvgIpc) is 2.67. The highest BCUT2D eigenvalue weighted by molar-refractivity contribution is 5.83. The van der Waals surface area contributed by atoms with E-state index < -0.39 is 16.8 Å². The van der Waals surface area contributed by atoms with Crippen LogP contribution in [0.25, 0.3) is 0 Å². The van der Waals surface area contributed by atoms with Crippen molar-refractivity contribution >= 4 is 17.1 Å². The molecule has 0 bridgehead atoms. The number of anilines is 3. The monoisotopic (exact) mass is 419 g/mol. The second-order valence-electron chi connectivity index (χ2n) is 9.56. The summed E-state index contributed by atoms with van der Waals surface area (Å²) in [6, 6.07) is 23.1. The minimum atomic E-state index is -1.10. The van der Waals surface area contributed by atoms with Crippen LogP contribution in [0.3, 0.4) is 0 Å². The molecule has 0 fully saturated rings. The molecule has 3 N–H and O–H groups in total. The maximum atomic E-state index is 10.9. The largest absolute Gasteiger partial charge is 0.386 e. The third-order valence-electron chi connectivity index (χ3n) is 5.41. The van der Waals surface area contributed by atoms with Gasteiger partial charge >= 0.3 is 0 Å². The van der Waals surface area contributed by atoms with Crippen LogP contribution < -0.4 is 4.90 Å². The van der Waals surface area contributed by atoms with Crippen LogP contribution in [-0.4, -0.2) is 15.3 Å². The Morgan fingerprint density at radius 2 is 0.677 bits per heavy atom. The first-order chi connectivity index (χ1) is 14.3. The number of nitrogens with zero attached hydrogens (tertiary/aromatic N) is 1. The second kappa shape index (κ2) is 8.12. The Morgan fingerprint density at radius 3 is 0.903 bits per heavy atom. The molecule has 3 rings (SSSR count). The molecule has 31 heavy (non-hydrogen) atoms. The zero-order valence-corrected chi connectivity index (χ0v) is 19.2. The lowest BCUT2D eigenvalue weighted by atomic mass is 9.90. The highest BCUT2D eigenvalue weighted by Gasteiger charge is 2.31. The Kier molecular flexibility index (Phi) is 6.03. The molecule has 3 aromatic rings. The quantitative estimate of drug-likeness (QED) is 0.470. The van der Waals surface area contributed by atoms with Gasteiger partial charge in [0.15, 0.2) is 0 Å². The van der Waals surface area contributed by atoms with E-state index in [-0.39, 0.29) is 0 Å². The van der Waals surface area contributed by atoms with Gasteiger partial charge in [0, 0.05) is 16.7 Å². The molecule has 0 atom stereocenters. The van der Waals surface area contributed by atoms with Crippen LogP contribution in [0.5, 0.6) is 0 Å².